The van der Waals surface area contributed by atoms with Crippen LogP contribution in [0.1, 0.15) is 43.5 Å². The van der Waals surface area contributed by atoms with Crippen molar-refractivity contribution < 1.29 is 23.8 Å². The first kappa shape index (κ1) is 25.4. The van der Waals surface area contributed by atoms with E-state index >= 15 is 0 Å². The van der Waals surface area contributed by atoms with Crippen molar-refractivity contribution in [1.29, 1.82) is 0 Å². The lowest BCUT2D eigenvalue weighted by Gasteiger charge is -2.35. The van der Waals surface area contributed by atoms with E-state index in [2.05, 4.69) is 10.4 Å². The Balaban J connectivity index is 1.40. The molecule has 6 N–H and O–H groups in total. The standard InChI is InChI=1S/C24H35FN6O4/c25-18-1-3-19(4-2-18)28-23-20(22(27)32)13-31(29-23)21(5-9-26)17-6-10-30(11-7-17)24(33)35-15-16-8-12-34-14-16/h1-4,13,16-17,21-22,32H,5-12,14-15,26-27H2,(H,28,29). The Kier molecular flexibility index (Phi) is 8.55. The van der Waals surface area contributed by atoms with Crippen LogP contribution in [-0.2, 0) is 9.47 Å². The van der Waals surface area contributed by atoms with Gasteiger partial charge in [-0.3, -0.25) is 4.68 Å². The van der Waals surface area contributed by atoms with E-state index in [0.717, 1.165) is 25.9 Å². The van der Waals surface area contributed by atoms with E-state index in [1.165, 1.54) is 12.1 Å². The Bertz CT molecular complexity index is 955. The summed E-state index contributed by atoms with van der Waals surface area (Å²) in [5.74, 6) is 0.596. The molecule has 0 saturated carbocycles. The Morgan fingerprint density at radius 2 is 2.03 bits per heavy atom. The lowest BCUT2D eigenvalue weighted by atomic mass is 9.87. The van der Waals surface area contributed by atoms with Gasteiger partial charge < -0.3 is 36.3 Å². The normalized spacial score (nSPS) is 20.6. The molecule has 4 rings (SSSR count). The Hall–Kier alpha value is -2.73. The number of ether oxygens (including phenoxy) is 2. The molecule has 0 aliphatic carbocycles. The fourth-order valence-electron chi connectivity index (χ4n) is 4.78. The molecule has 3 unspecified atom stereocenters. The summed E-state index contributed by atoms with van der Waals surface area (Å²) in [5, 5.41) is 17.9. The number of nitrogens with zero attached hydrogens (tertiary/aromatic N) is 3. The molecule has 1 amide bonds. The van der Waals surface area contributed by atoms with Crippen LogP contribution >= 0.6 is 0 Å². The molecule has 2 aliphatic rings. The highest BCUT2D eigenvalue weighted by molar-refractivity contribution is 5.67. The minimum atomic E-state index is -1.23. The molecule has 2 aliphatic heterocycles. The summed E-state index contributed by atoms with van der Waals surface area (Å²) in [5.41, 5.74) is 12.8. The summed E-state index contributed by atoms with van der Waals surface area (Å²) in [6.45, 7) is 3.44. The lowest BCUT2D eigenvalue weighted by Crippen LogP contribution is -2.41. The highest BCUT2D eigenvalue weighted by atomic mass is 19.1. The second kappa shape index (κ2) is 11.8. The third-order valence-electron chi connectivity index (χ3n) is 6.80. The molecular formula is C24H35FN6O4. The Labute approximate surface area is 204 Å². The largest absolute Gasteiger partial charge is 0.449 e. The van der Waals surface area contributed by atoms with Gasteiger partial charge >= 0.3 is 6.09 Å². The summed E-state index contributed by atoms with van der Waals surface area (Å²) in [7, 11) is 0. The van der Waals surface area contributed by atoms with Crippen molar-refractivity contribution in [3.63, 3.8) is 0 Å². The number of rotatable bonds is 9. The predicted octanol–water partition coefficient (Wildman–Crippen LogP) is 2.49. The zero-order chi connectivity index (χ0) is 24.8. The van der Waals surface area contributed by atoms with E-state index in [9.17, 15) is 14.3 Å². The van der Waals surface area contributed by atoms with Gasteiger partial charge in [0.1, 0.15) is 12.0 Å². The molecule has 0 radical (unpaired) electrons. The molecule has 35 heavy (non-hydrogen) atoms. The van der Waals surface area contributed by atoms with E-state index in [4.69, 9.17) is 20.9 Å². The number of amides is 1. The van der Waals surface area contributed by atoms with Crippen LogP contribution in [0.2, 0.25) is 0 Å². The van der Waals surface area contributed by atoms with Crippen molar-refractivity contribution in [3.8, 4) is 0 Å². The van der Waals surface area contributed by atoms with Gasteiger partial charge in [0.15, 0.2) is 5.82 Å². The molecule has 11 heteroatoms. The van der Waals surface area contributed by atoms with Gasteiger partial charge in [-0.2, -0.15) is 5.10 Å². The number of likely N-dealkylation sites (tertiary alicyclic amines) is 1. The number of nitrogens with one attached hydrogen (secondary N) is 1. The average molecular weight is 491 g/mol. The van der Waals surface area contributed by atoms with Crippen LogP contribution in [0.3, 0.4) is 0 Å². The van der Waals surface area contributed by atoms with Crippen LogP contribution in [0.4, 0.5) is 20.7 Å². The Morgan fingerprint density at radius 3 is 2.66 bits per heavy atom. The van der Waals surface area contributed by atoms with E-state index in [1.807, 2.05) is 4.68 Å². The van der Waals surface area contributed by atoms with Crippen molar-refractivity contribution in [3.05, 3.63) is 41.8 Å². The van der Waals surface area contributed by atoms with Gasteiger partial charge in [0, 0.05) is 37.5 Å². The second-order valence-electron chi connectivity index (χ2n) is 9.27. The molecule has 2 saturated heterocycles. The zero-order valence-corrected chi connectivity index (χ0v) is 19.8. The summed E-state index contributed by atoms with van der Waals surface area (Å²) in [6, 6.07) is 5.85. The molecule has 2 aromatic rings. The minimum absolute atomic E-state index is 0.0184. The second-order valence-corrected chi connectivity index (χ2v) is 9.27. The van der Waals surface area contributed by atoms with Crippen molar-refractivity contribution in [2.45, 2.75) is 38.0 Å². The number of anilines is 2. The third kappa shape index (κ3) is 6.49. The molecule has 1 aromatic carbocycles. The summed E-state index contributed by atoms with van der Waals surface area (Å²) >= 11 is 0. The number of carbonyl (C=O) groups excluding carboxylic acids is 1. The number of aromatic nitrogens is 2. The summed E-state index contributed by atoms with van der Waals surface area (Å²) in [6.07, 6.45) is 3.42. The maximum Gasteiger partial charge on any atom is 0.409 e. The minimum Gasteiger partial charge on any atom is -0.449 e. The van der Waals surface area contributed by atoms with E-state index < -0.39 is 6.23 Å². The molecule has 2 fully saturated rings. The van der Waals surface area contributed by atoms with E-state index in [0.29, 0.717) is 56.3 Å². The maximum atomic E-state index is 13.3. The first-order valence-electron chi connectivity index (χ1n) is 12.2. The molecule has 192 valence electrons. The number of nitrogens with two attached hydrogens (primary N) is 2. The van der Waals surface area contributed by atoms with Crippen molar-refractivity contribution >= 4 is 17.6 Å². The van der Waals surface area contributed by atoms with Gasteiger partial charge in [0.25, 0.3) is 0 Å². The fraction of sp³-hybridized carbons (Fsp3) is 0.583. The SMILES string of the molecule is NCCC(C1CCN(C(=O)OCC2CCOC2)CC1)n1cc(C(N)O)c(Nc2ccc(F)cc2)n1. The van der Waals surface area contributed by atoms with Crippen LogP contribution in [-0.4, -0.2) is 65.3 Å². The van der Waals surface area contributed by atoms with Gasteiger partial charge in [0.05, 0.1) is 24.8 Å². The fourth-order valence-corrected chi connectivity index (χ4v) is 4.78. The number of aliphatic hydroxyl groups excluding tert-OH is 1. The molecule has 1 aromatic heterocycles. The molecule has 3 heterocycles. The quantitative estimate of drug-likeness (QED) is 0.393. The first-order chi connectivity index (χ1) is 16.9. The number of benzene rings is 1. The third-order valence-corrected chi connectivity index (χ3v) is 6.80. The van der Waals surface area contributed by atoms with E-state index in [1.54, 1.807) is 23.2 Å². The van der Waals surface area contributed by atoms with Gasteiger partial charge in [-0.05, 0) is 62.4 Å². The predicted molar refractivity (Wildman–Crippen MR) is 128 cm³/mol. The van der Waals surface area contributed by atoms with Crippen LogP contribution in [0.25, 0.3) is 0 Å². The first-order valence-corrected chi connectivity index (χ1v) is 12.2. The van der Waals surface area contributed by atoms with Gasteiger partial charge in [-0.15, -0.1) is 0 Å². The lowest BCUT2D eigenvalue weighted by molar-refractivity contribution is 0.0660. The van der Waals surface area contributed by atoms with Crippen LogP contribution in [0.5, 0.6) is 0 Å². The molecule has 10 nitrogen and oxygen atoms in total. The highest BCUT2D eigenvalue weighted by Gasteiger charge is 2.31. The van der Waals surface area contributed by atoms with Crippen molar-refractivity contribution in [2.75, 3.05) is 44.8 Å². The molecule has 3 atom stereocenters. The summed E-state index contributed by atoms with van der Waals surface area (Å²) in [4.78, 5) is 14.3. The topological polar surface area (TPSA) is 141 Å². The number of carbonyl (C=O) groups is 1. The van der Waals surface area contributed by atoms with Crippen molar-refractivity contribution in [1.82, 2.24) is 14.7 Å². The van der Waals surface area contributed by atoms with Gasteiger partial charge in [-0.1, -0.05) is 0 Å². The average Bonchev–Trinajstić information content (AvgIpc) is 3.53. The smallest absolute Gasteiger partial charge is 0.409 e. The molecular weight excluding hydrogens is 455 g/mol. The maximum absolute atomic E-state index is 13.3. The number of aliphatic hydroxyl groups is 1. The van der Waals surface area contributed by atoms with Gasteiger partial charge in [0.2, 0.25) is 0 Å². The highest BCUT2D eigenvalue weighted by Crippen LogP contribution is 2.33. The van der Waals surface area contributed by atoms with E-state index in [-0.39, 0.29) is 29.8 Å². The molecule has 0 spiro atoms. The van der Waals surface area contributed by atoms with Gasteiger partial charge in [-0.25, -0.2) is 9.18 Å². The monoisotopic (exact) mass is 490 g/mol. The Morgan fingerprint density at radius 1 is 1.29 bits per heavy atom. The van der Waals surface area contributed by atoms with Crippen LogP contribution in [0.15, 0.2) is 30.5 Å². The number of hydrogen-bond donors (Lipinski definition) is 4. The summed E-state index contributed by atoms with van der Waals surface area (Å²) < 4.78 is 25.9. The van der Waals surface area contributed by atoms with Crippen LogP contribution < -0.4 is 16.8 Å². The zero-order valence-electron chi connectivity index (χ0n) is 19.8. The molecule has 0 bridgehead atoms. The number of halogens is 1. The number of hydrogen-bond acceptors (Lipinski definition) is 8. The van der Waals surface area contributed by atoms with Crippen molar-refractivity contribution in [2.24, 2.45) is 23.3 Å². The number of piperidine rings is 1. The van der Waals surface area contributed by atoms with Crippen LogP contribution in [0, 0.1) is 17.7 Å².